The number of anilines is 1. The summed E-state index contributed by atoms with van der Waals surface area (Å²) >= 11 is 0. The number of amides is 1. The van der Waals surface area contributed by atoms with Gasteiger partial charge in [-0.2, -0.15) is 0 Å². The molecule has 0 aliphatic heterocycles. The van der Waals surface area contributed by atoms with E-state index in [2.05, 4.69) is 22.5 Å². The van der Waals surface area contributed by atoms with Crippen molar-refractivity contribution in [3.8, 4) is 5.75 Å². The Morgan fingerprint density at radius 1 is 1.17 bits per heavy atom. The molecule has 2 aromatic rings. The van der Waals surface area contributed by atoms with Crippen molar-refractivity contribution in [1.82, 2.24) is 10.3 Å². The molecule has 2 rings (SSSR count). The van der Waals surface area contributed by atoms with E-state index in [1.165, 1.54) is 0 Å². The highest BCUT2D eigenvalue weighted by atomic mass is 16.5. The Kier molecular flexibility index (Phi) is 6.41. The maximum atomic E-state index is 11.9. The van der Waals surface area contributed by atoms with Crippen LogP contribution in [0.2, 0.25) is 0 Å². The largest absolute Gasteiger partial charge is 0.497 e. The van der Waals surface area contributed by atoms with E-state index in [4.69, 9.17) is 4.74 Å². The Morgan fingerprint density at radius 3 is 2.57 bits per heavy atom. The van der Waals surface area contributed by atoms with Gasteiger partial charge in [0.1, 0.15) is 11.4 Å². The lowest BCUT2D eigenvalue weighted by Crippen LogP contribution is -2.25. The monoisotopic (exact) mass is 313 g/mol. The lowest BCUT2D eigenvalue weighted by atomic mass is 10.2. The zero-order valence-corrected chi connectivity index (χ0v) is 13.6. The molecule has 0 radical (unpaired) electrons. The van der Waals surface area contributed by atoms with E-state index in [0.29, 0.717) is 18.8 Å². The molecule has 0 spiro atoms. The second-order valence-corrected chi connectivity index (χ2v) is 5.24. The van der Waals surface area contributed by atoms with Gasteiger partial charge in [-0.15, -0.1) is 0 Å². The average Bonchev–Trinajstić information content (AvgIpc) is 2.61. The summed E-state index contributed by atoms with van der Waals surface area (Å²) < 4.78 is 5.13. The lowest BCUT2D eigenvalue weighted by Gasteiger charge is -2.08. The van der Waals surface area contributed by atoms with Gasteiger partial charge in [0.25, 0.3) is 5.91 Å². The number of rotatable bonds is 8. The van der Waals surface area contributed by atoms with Crippen LogP contribution in [0.25, 0.3) is 0 Å². The predicted molar refractivity (Wildman–Crippen MR) is 91.8 cm³/mol. The number of hydrogen-bond donors (Lipinski definition) is 2. The molecule has 122 valence electrons. The number of ether oxygens (including phenoxy) is 1. The van der Waals surface area contributed by atoms with Crippen molar-refractivity contribution < 1.29 is 9.53 Å². The van der Waals surface area contributed by atoms with Gasteiger partial charge in [0.05, 0.1) is 19.0 Å². The van der Waals surface area contributed by atoms with E-state index in [-0.39, 0.29) is 5.91 Å². The van der Waals surface area contributed by atoms with Gasteiger partial charge in [-0.25, -0.2) is 4.98 Å². The molecule has 0 aliphatic rings. The van der Waals surface area contributed by atoms with Crippen molar-refractivity contribution >= 4 is 11.6 Å². The predicted octanol–water partition coefficient (Wildman–Crippen LogP) is 3.23. The van der Waals surface area contributed by atoms with Crippen LogP contribution in [0.1, 0.15) is 35.8 Å². The van der Waals surface area contributed by atoms with Gasteiger partial charge in [-0.05, 0) is 36.2 Å². The van der Waals surface area contributed by atoms with Crippen molar-refractivity contribution in [2.75, 3.05) is 19.0 Å². The van der Waals surface area contributed by atoms with E-state index in [1.807, 2.05) is 30.3 Å². The molecular formula is C18H23N3O2. The number of hydrogen-bond acceptors (Lipinski definition) is 4. The number of unbranched alkanes of at least 4 members (excludes halogenated alkanes) is 1. The molecule has 2 N–H and O–H groups in total. The molecule has 1 aromatic heterocycles. The first-order chi connectivity index (χ1) is 11.2. The number of carbonyl (C=O) groups excluding carboxylic acids is 1. The zero-order chi connectivity index (χ0) is 16.5. The first kappa shape index (κ1) is 16.8. The van der Waals surface area contributed by atoms with Crippen LogP contribution in [0, 0.1) is 0 Å². The van der Waals surface area contributed by atoms with Gasteiger partial charge in [0.15, 0.2) is 0 Å². The molecule has 0 aliphatic carbocycles. The average molecular weight is 313 g/mol. The summed E-state index contributed by atoms with van der Waals surface area (Å²) in [4.78, 5) is 16.1. The molecule has 0 saturated heterocycles. The molecule has 1 heterocycles. The van der Waals surface area contributed by atoms with Gasteiger partial charge in [-0.3, -0.25) is 4.79 Å². The fourth-order valence-electron chi connectivity index (χ4n) is 2.05. The number of nitrogens with one attached hydrogen (secondary N) is 2. The Bertz CT molecular complexity index is 609. The van der Waals surface area contributed by atoms with Crippen LogP contribution in [0.4, 0.5) is 5.69 Å². The standard InChI is InChI=1S/C18H23N3O2/c1-3-4-11-19-18(22)17-10-7-15(13-21-17)20-12-14-5-8-16(23-2)9-6-14/h5-10,13,20H,3-4,11-12H2,1-2H3,(H,19,22). The third-order valence-corrected chi connectivity index (χ3v) is 3.47. The number of methoxy groups -OCH3 is 1. The second-order valence-electron chi connectivity index (χ2n) is 5.24. The van der Waals surface area contributed by atoms with E-state index in [1.54, 1.807) is 19.4 Å². The zero-order valence-electron chi connectivity index (χ0n) is 13.6. The van der Waals surface area contributed by atoms with Crippen LogP contribution in [-0.2, 0) is 6.54 Å². The van der Waals surface area contributed by atoms with Crippen molar-refractivity contribution in [2.45, 2.75) is 26.3 Å². The molecule has 0 atom stereocenters. The highest BCUT2D eigenvalue weighted by molar-refractivity contribution is 5.92. The maximum Gasteiger partial charge on any atom is 0.269 e. The van der Waals surface area contributed by atoms with Crippen molar-refractivity contribution in [3.05, 3.63) is 53.9 Å². The minimum Gasteiger partial charge on any atom is -0.497 e. The molecule has 0 bridgehead atoms. The minimum atomic E-state index is -0.125. The molecule has 0 saturated carbocycles. The Balaban J connectivity index is 1.85. The molecule has 5 heteroatoms. The summed E-state index contributed by atoms with van der Waals surface area (Å²) in [7, 11) is 1.65. The first-order valence-corrected chi connectivity index (χ1v) is 7.84. The van der Waals surface area contributed by atoms with E-state index >= 15 is 0 Å². The molecule has 0 unspecified atom stereocenters. The normalized spacial score (nSPS) is 10.2. The summed E-state index contributed by atoms with van der Waals surface area (Å²) in [5.41, 5.74) is 2.47. The third-order valence-electron chi connectivity index (χ3n) is 3.47. The van der Waals surface area contributed by atoms with Gasteiger partial charge in [0, 0.05) is 13.1 Å². The number of carbonyl (C=O) groups is 1. The lowest BCUT2D eigenvalue weighted by molar-refractivity contribution is 0.0948. The molecule has 0 fully saturated rings. The van der Waals surface area contributed by atoms with E-state index < -0.39 is 0 Å². The summed E-state index contributed by atoms with van der Waals surface area (Å²) in [6.45, 7) is 3.47. The third kappa shape index (κ3) is 5.29. The van der Waals surface area contributed by atoms with Crippen LogP contribution in [0.3, 0.4) is 0 Å². The summed E-state index contributed by atoms with van der Waals surface area (Å²) in [5, 5.41) is 6.14. The number of nitrogens with zero attached hydrogens (tertiary/aromatic N) is 1. The van der Waals surface area contributed by atoms with Gasteiger partial charge in [-0.1, -0.05) is 25.5 Å². The van der Waals surface area contributed by atoms with Crippen molar-refractivity contribution in [2.24, 2.45) is 0 Å². The molecule has 1 amide bonds. The Labute approximate surface area is 137 Å². The topological polar surface area (TPSA) is 63.2 Å². The van der Waals surface area contributed by atoms with Crippen LogP contribution in [0.15, 0.2) is 42.6 Å². The molecule has 23 heavy (non-hydrogen) atoms. The van der Waals surface area contributed by atoms with E-state index in [9.17, 15) is 4.79 Å². The fourth-order valence-corrected chi connectivity index (χ4v) is 2.05. The van der Waals surface area contributed by atoms with Crippen molar-refractivity contribution in [1.29, 1.82) is 0 Å². The molecular weight excluding hydrogens is 290 g/mol. The van der Waals surface area contributed by atoms with Crippen LogP contribution in [-0.4, -0.2) is 24.5 Å². The molecule has 5 nitrogen and oxygen atoms in total. The van der Waals surface area contributed by atoms with Crippen LogP contribution < -0.4 is 15.4 Å². The minimum absolute atomic E-state index is 0.125. The highest BCUT2D eigenvalue weighted by Crippen LogP contribution is 2.13. The van der Waals surface area contributed by atoms with Crippen molar-refractivity contribution in [3.63, 3.8) is 0 Å². The first-order valence-electron chi connectivity index (χ1n) is 7.84. The van der Waals surface area contributed by atoms with Gasteiger partial charge >= 0.3 is 0 Å². The number of pyridine rings is 1. The second kappa shape index (κ2) is 8.78. The maximum absolute atomic E-state index is 11.9. The van der Waals surface area contributed by atoms with Crippen LogP contribution >= 0.6 is 0 Å². The summed E-state index contributed by atoms with van der Waals surface area (Å²) in [6, 6.07) is 11.5. The smallest absolute Gasteiger partial charge is 0.269 e. The Morgan fingerprint density at radius 2 is 1.96 bits per heavy atom. The fraction of sp³-hybridized carbons (Fsp3) is 0.333. The SMILES string of the molecule is CCCCNC(=O)c1ccc(NCc2ccc(OC)cc2)cn1. The van der Waals surface area contributed by atoms with Gasteiger partial charge in [0.2, 0.25) is 0 Å². The van der Waals surface area contributed by atoms with Gasteiger partial charge < -0.3 is 15.4 Å². The van der Waals surface area contributed by atoms with E-state index in [0.717, 1.165) is 29.8 Å². The number of aromatic nitrogens is 1. The quantitative estimate of drug-likeness (QED) is 0.734. The highest BCUT2D eigenvalue weighted by Gasteiger charge is 2.06. The molecule has 1 aromatic carbocycles. The Hall–Kier alpha value is -2.56. The van der Waals surface area contributed by atoms with Crippen LogP contribution in [0.5, 0.6) is 5.75 Å². The summed E-state index contributed by atoms with van der Waals surface area (Å²) in [6.07, 6.45) is 3.72. The number of benzene rings is 1. The summed E-state index contributed by atoms with van der Waals surface area (Å²) in [5.74, 6) is 0.717.